The maximum absolute atomic E-state index is 12.6. The molecular weight excluding hydrogens is 310 g/mol. The number of hydrogen-bond acceptors (Lipinski definition) is 5. The predicted molar refractivity (Wildman–Crippen MR) is 88.2 cm³/mol. The van der Waals surface area contributed by atoms with Crippen molar-refractivity contribution >= 4 is 22.8 Å². The zero-order valence-electron chi connectivity index (χ0n) is 12.4. The first-order valence-electron chi connectivity index (χ1n) is 7.80. The lowest BCUT2D eigenvalue weighted by Gasteiger charge is -2.33. The van der Waals surface area contributed by atoms with Crippen molar-refractivity contribution in [2.75, 3.05) is 12.1 Å². The quantitative estimate of drug-likeness (QED) is 0.859. The minimum Gasteiger partial charge on any atom is -0.454 e. The van der Waals surface area contributed by atoms with Crippen LogP contribution in [0.3, 0.4) is 0 Å². The Labute approximate surface area is 137 Å². The van der Waals surface area contributed by atoms with E-state index in [1.165, 1.54) is 5.56 Å². The molecule has 0 saturated carbocycles. The molecule has 1 aromatic heterocycles. The molecule has 0 radical (unpaired) electrons. The van der Waals surface area contributed by atoms with Crippen molar-refractivity contribution in [3.8, 4) is 11.5 Å². The molecule has 5 rings (SSSR count). The van der Waals surface area contributed by atoms with E-state index in [4.69, 9.17) is 9.47 Å². The summed E-state index contributed by atoms with van der Waals surface area (Å²) in [5, 5.41) is 7.68. The van der Waals surface area contributed by atoms with Crippen LogP contribution in [0.25, 0.3) is 0 Å². The highest BCUT2D eigenvalue weighted by molar-refractivity contribution is 7.08. The number of Topliss-reactive ketones (excluding diaryl/α,β-unsaturated/α-hetero) is 1. The van der Waals surface area contributed by atoms with Gasteiger partial charge in [0.15, 0.2) is 17.3 Å². The Balaban J connectivity index is 1.74. The molecule has 0 amide bonds. The fourth-order valence-corrected chi connectivity index (χ4v) is 4.42. The number of hydrogen-bond donors (Lipinski definition) is 1. The SMILES string of the molecule is O=C1CCCC2=C1[C@@H](c1ccsc1)c1cc3c(cc1N2)OCO3. The number of thiophene rings is 1. The number of allylic oxidation sites excluding steroid dienone is 2. The van der Waals surface area contributed by atoms with Crippen molar-refractivity contribution in [3.63, 3.8) is 0 Å². The van der Waals surface area contributed by atoms with E-state index in [2.05, 4.69) is 22.1 Å². The van der Waals surface area contributed by atoms with Gasteiger partial charge in [-0.25, -0.2) is 0 Å². The zero-order chi connectivity index (χ0) is 15.4. The van der Waals surface area contributed by atoms with Crippen molar-refractivity contribution in [2.24, 2.45) is 0 Å². The highest BCUT2D eigenvalue weighted by atomic mass is 32.1. The zero-order valence-corrected chi connectivity index (χ0v) is 13.2. The lowest BCUT2D eigenvalue weighted by atomic mass is 9.76. The first-order chi connectivity index (χ1) is 11.3. The smallest absolute Gasteiger partial charge is 0.231 e. The molecule has 4 nitrogen and oxygen atoms in total. The van der Waals surface area contributed by atoms with E-state index < -0.39 is 0 Å². The second-order valence-corrected chi connectivity index (χ2v) is 6.86. The maximum Gasteiger partial charge on any atom is 0.231 e. The van der Waals surface area contributed by atoms with Gasteiger partial charge in [-0.15, -0.1) is 0 Å². The van der Waals surface area contributed by atoms with Gasteiger partial charge in [-0.1, -0.05) is 0 Å². The van der Waals surface area contributed by atoms with E-state index in [0.29, 0.717) is 6.42 Å². The van der Waals surface area contributed by atoms with E-state index in [1.807, 2.05) is 12.1 Å². The van der Waals surface area contributed by atoms with Gasteiger partial charge in [0, 0.05) is 35.4 Å². The summed E-state index contributed by atoms with van der Waals surface area (Å²) in [4.78, 5) is 12.6. The Bertz CT molecular complexity index is 838. The molecule has 1 N–H and O–H groups in total. The molecule has 5 heteroatoms. The normalized spacial score (nSPS) is 21.7. The minimum absolute atomic E-state index is 0.00481. The number of benzene rings is 1. The summed E-state index contributed by atoms with van der Waals surface area (Å²) in [6.45, 7) is 0.257. The van der Waals surface area contributed by atoms with E-state index in [0.717, 1.165) is 46.9 Å². The van der Waals surface area contributed by atoms with Crippen LogP contribution in [0.15, 0.2) is 40.2 Å². The second kappa shape index (κ2) is 4.86. The molecule has 0 fully saturated rings. The summed E-state index contributed by atoms with van der Waals surface area (Å²) in [5.74, 6) is 1.79. The van der Waals surface area contributed by atoms with Gasteiger partial charge in [0.1, 0.15) is 0 Å². The largest absolute Gasteiger partial charge is 0.454 e. The van der Waals surface area contributed by atoms with Crippen molar-refractivity contribution in [1.82, 2.24) is 0 Å². The van der Waals surface area contributed by atoms with Crippen LogP contribution in [0.1, 0.15) is 36.3 Å². The predicted octanol–water partition coefficient (Wildman–Crippen LogP) is 4.04. The second-order valence-electron chi connectivity index (χ2n) is 6.08. The van der Waals surface area contributed by atoms with Crippen LogP contribution in [0, 0.1) is 0 Å². The van der Waals surface area contributed by atoms with Crippen molar-refractivity contribution < 1.29 is 14.3 Å². The molecule has 1 atom stereocenters. The number of rotatable bonds is 1. The fraction of sp³-hybridized carbons (Fsp3) is 0.278. The summed E-state index contributed by atoms with van der Waals surface area (Å²) in [7, 11) is 0. The van der Waals surface area contributed by atoms with Gasteiger partial charge in [0.05, 0.1) is 0 Å². The lowest BCUT2D eigenvalue weighted by Crippen LogP contribution is -2.26. The fourth-order valence-electron chi connectivity index (χ4n) is 3.74. The molecule has 116 valence electrons. The molecule has 0 spiro atoms. The van der Waals surface area contributed by atoms with Crippen molar-refractivity contribution in [1.29, 1.82) is 0 Å². The van der Waals surface area contributed by atoms with Gasteiger partial charge in [0.2, 0.25) is 6.79 Å². The third-order valence-electron chi connectivity index (χ3n) is 4.76. The highest BCUT2D eigenvalue weighted by Gasteiger charge is 2.36. The monoisotopic (exact) mass is 325 g/mol. The summed E-state index contributed by atoms with van der Waals surface area (Å²) in [5.41, 5.74) is 5.31. The average molecular weight is 325 g/mol. The molecule has 2 aromatic rings. The third-order valence-corrected chi connectivity index (χ3v) is 5.46. The van der Waals surface area contributed by atoms with Gasteiger partial charge in [-0.05, 0) is 46.9 Å². The topological polar surface area (TPSA) is 47.6 Å². The summed E-state index contributed by atoms with van der Waals surface area (Å²) >= 11 is 1.66. The average Bonchev–Trinajstić information content (AvgIpc) is 3.22. The Morgan fingerprint density at radius 3 is 2.87 bits per heavy atom. The van der Waals surface area contributed by atoms with Crippen molar-refractivity contribution in [3.05, 3.63) is 51.4 Å². The number of anilines is 1. The van der Waals surface area contributed by atoms with Gasteiger partial charge < -0.3 is 14.8 Å². The van der Waals surface area contributed by atoms with Crippen LogP contribution in [0.5, 0.6) is 11.5 Å². The molecule has 0 saturated heterocycles. The third kappa shape index (κ3) is 1.93. The maximum atomic E-state index is 12.6. The molecule has 3 aliphatic rings. The van der Waals surface area contributed by atoms with E-state index in [-0.39, 0.29) is 18.5 Å². The van der Waals surface area contributed by atoms with Gasteiger partial charge >= 0.3 is 0 Å². The Morgan fingerprint density at radius 2 is 2.04 bits per heavy atom. The van der Waals surface area contributed by atoms with Crippen molar-refractivity contribution in [2.45, 2.75) is 25.2 Å². The summed E-state index contributed by atoms with van der Waals surface area (Å²) in [6, 6.07) is 6.14. The van der Waals surface area contributed by atoms with Gasteiger partial charge in [-0.2, -0.15) is 11.3 Å². The first-order valence-corrected chi connectivity index (χ1v) is 8.74. The molecule has 3 heterocycles. The Kier molecular flexibility index (Phi) is 2.79. The van der Waals surface area contributed by atoms with E-state index >= 15 is 0 Å². The molecule has 23 heavy (non-hydrogen) atoms. The number of ether oxygens (including phenoxy) is 2. The van der Waals surface area contributed by atoms with Crippen LogP contribution in [0.2, 0.25) is 0 Å². The van der Waals surface area contributed by atoms with E-state index in [1.54, 1.807) is 11.3 Å². The molecule has 1 aromatic carbocycles. The molecular formula is C18H15NO3S. The van der Waals surface area contributed by atoms with Crippen LogP contribution in [0.4, 0.5) is 5.69 Å². The van der Waals surface area contributed by atoms with E-state index in [9.17, 15) is 4.79 Å². The summed E-state index contributed by atoms with van der Waals surface area (Å²) < 4.78 is 11.0. The number of ketones is 1. The first kappa shape index (κ1) is 13.2. The Morgan fingerprint density at radius 1 is 1.17 bits per heavy atom. The van der Waals surface area contributed by atoms with Crippen LogP contribution < -0.4 is 14.8 Å². The number of fused-ring (bicyclic) bond motifs is 2. The number of carbonyl (C=O) groups is 1. The number of nitrogens with one attached hydrogen (secondary N) is 1. The van der Waals surface area contributed by atoms with Gasteiger partial charge in [-0.3, -0.25) is 4.79 Å². The lowest BCUT2D eigenvalue weighted by molar-refractivity contribution is -0.116. The highest BCUT2D eigenvalue weighted by Crippen LogP contribution is 2.49. The van der Waals surface area contributed by atoms with Crippen LogP contribution in [-0.2, 0) is 4.79 Å². The van der Waals surface area contributed by atoms with Crippen LogP contribution in [-0.4, -0.2) is 12.6 Å². The van der Waals surface area contributed by atoms with Crippen LogP contribution >= 0.6 is 11.3 Å². The molecule has 0 unspecified atom stereocenters. The number of carbonyl (C=O) groups excluding carboxylic acids is 1. The minimum atomic E-state index is -0.00481. The van der Waals surface area contributed by atoms with Gasteiger partial charge in [0.25, 0.3) is 0 Å². The Hall–Kier alpha value is -2.27. The molecule has 1 aliphatic carbocycles. The molecule has 0 bridgehead atoms. The standard InChI is InChI=1S/C18H15NO3S/c20-14-3-1-2-12-18(14)17(10-4-5-23-8-10)11-6-15-16(22-9-21-15)7-13(11)19-12/h4-8,17,19H,1-3,9H2/t17-/m0/s1. The summed E-state index contributed by atoms with van der Waals surface area (Å²) in [6.07, 6.45) is 2.48. The molecule has 2 aliphatic heterocycles.